The van der Waals surface area contributed by atoms with Crippen molar-refractivity contribution in [1.29, 1.82) is 0 Å². The number of rotatable bonds is 4. The van der Waals surface area contributed by atoms with Crippen LogP contribution in [0.1, 0.15) is 50.3 Å². The Hall–Kier alpha value is -1.18. The van der Waals surface area contributed by atoms with Crippen molar-refractivity contribution in [3.05, 3.63) is 106 Å². The van der Waals surface area contributed by atoms with Gasteiger partial charge in [0.05, 0.1) is 0 Å². The van der Waals surface area contributed by atoms with Crippen LogP contribution in [0, 0.1) is 5.92 Å². The molecule has 0 bridgehead atoms. The van der Waals surface area contributed by atoms with Gasteiger partial charge in [-0.2, -0.15) is 0 Å². The zero-order valence-corrected chi connectivity index (χ0v) is 25.5. The summed E-state index contributed by atoms with van der Waals surface area (Å²) < 4.78 is 1.41. The second-order valence-corrected chi connectivity index (χ2v) is 27.7. The Bertz CT molecular complexity index is 1280. The Morgan fingerprint density at radius 1 is 0.735 bits per heavy atom. The average Bonchev–Trinajstić information content (AvgIpc) is 3.33. The molecule has 0 aromatic heterocycles. The van der Waals surface area contributed by atoms with Gasteiger partial charge in [-0.25, -0.2) is 0 Å². The number of hydrogen-bond acceptors (Lipinski definition) is 0. The molecule has 0 amide bonds. The topological polar surface area (TPSA) is 0 Å². The molecule has 0 aliphatic heterocycles. The van der Waals surface area contributed by atoms with Crippen LogP contribution in [0.25, 0.3) is 23.3 Å². The van der Waals surface area contributed by atoms with Crippen molar-refractivity contribution >= 4 is 17.6 Å². The fourth-order valence-electron chi connectivity index (χ4n) is 5.77. The first kappa shape index (κ1) is 27.4. The Labute approximate surface area is 225 Å². The van der Waals surface area contributed by atoms with E-state index in [4.69, 9.17) is 0 Å². The van der Waals surface area contributed by atoms with E-state index >= 15 is 0 Å². The van der Waals surface area contributed by atoms with Crippen LogP contribution in [-0.2, 0) is 20.4 Å². The molecule has 174 valence electrons. The average molecular weight is 583 g/mol. The van der Waals surface area contributed by atoms with Crippen molar-refractivity contribution in [3.8, 4) is 11.1 Å². The molecule has 2 aliphatic rings. The van der Waals surface area contributed by atoms with Crippen LogP contribution in [0.2, 0.25) is 13.1 Å². The van der Waals surface area contributed by atoms with Crippen LogP contribution in [0.15, 0.2) is 83.9 Å². The molecule has 2 aliphatic carbocycles. The summed E-state index contributed by atoms with van der Waals surface area (Å²) in [5.74, 6) is 0.616. The molecule has 2 atom stereocenters. The van der Waals surface area contributed by atoms with E-state index in [-0.39, 0.29) is 30.2 Å². The fraction of sp³-hybridized carbons (Fsp3) is 0.267. The van der Waals surface area contributed by atoms with E-state index in [1.165, 1.54) is 22.3 Å². The summed E-state index contributed by atoms with van der Waals surface area (Å²) in [4.78, 5) is 0. The normalized spacial score (nSPS) is 17.4. The minimum atomic E-state index is -1.98. The molecular weight excluding hydrogens is 551 g/mol. The van der Waals surface area contributed by atoms with E-state index in [9.17, 15) is 0 Å². The summed E-state index contributed by atoms with van der Waals surface area (Å²) >= 11 is -1.98. The summed E-state index contributed by atoms with van der Waals surface area (Å²) in [6, 6.07) is 27.3. The van der Waals surface area contributed by atoms with Gasteiger partial charge < -0.3 is 24.8 Å². The molecule has 0 heterocycles. The fourth-order valence-corrected chi connectivity index (χ4v) is 26.7. The maximum Gasteiger partial charge on any atom is -1.00 e. The van der Waals surface area contributed by atoms with Crippen molar-refractivity contribution in [2.24, 2.45) is 5.92 Å². The van der Waals surface area contributed by atoms with Gasteiger partial charge in [-0.15, -0.1) is 0 Å². The summed E-state index contributed by atoms with van der Waals surface area (Å²) in [5.41, 5.74) is 11.9. The molecule has 0 spiro atoms. The van der Waals surface area contributed by atoms with Crippen molar-refractivity contribution < 1.29 is 45.2 Å². The monoisotopic (exact) mass is 580 g/mol. The summed E-state index contributed by atoms with van der Waals surface area (Å²) in [6.07, 6.45) is 5.08. The minimum Gasteiger partial charge on any atom is -1.00 e. The first-order chi connectivity index (χ1) is 15.5. The zero-order valence-electron chi connectivity index (χ0n) is 20.6. The first-order valence-electron chi connectivity index (χ1n) is 11.8. The number of halogens is 2. The van der Waals surface area contributed by atoms with Crippen LogP contribution in [0.3, 0.4) is 0 Å². The van der Waals surface area contributed by atoms with Crippen LogP contribution >= 0.6 is 0 Å². The predicted molar refractivity (Wildman–Crippen MR) is 138 cm³/mol. The van der Waals surface area contributed by atoms with Gasteiger partial charge in [0.25, 0.3) is 0 Å². The maximum atomic E-state index is 2.62. The number of hydrogen-bond donors (Lipinski definition) is 0. The Balaban J connectivity index is 0.00000162. The van der Waals surface area contributed by atoms with Gasteiger partial charge in [-0.05, 0) is 0 Å². The van der Waals surface area contributed by atoms with E-state index in [0.717, 1.165) is 3.63 Å². The molecule has 3 aromatic carbocycles. The Morgan fingerprint density at radius 3 is 2.06 bits per heavy atom. The van der Waals surface area contributed by atoms with Gasteiger partial charge in [0, 0.05) is 0 Å². The molecule has 0 fully saturated rings. The van der Waals surface area contributed by atoms with Gasteiger partial charge in [0.15, 0.2) is 0 Å². The number of fused-ring (bicyclic) bond motifs is 2. The molecule has 0 N–H and O–H groups in total. The van der Waals surface area contributed by atoms with Crippen LogP contribution in [-0.4, -0.2) is 5.43 Å². The standard InChI is InChI=1S/C16H13.C12H13.C2H6Si.2ClH.Zr/c1-12-10-14-8-5-9-15(16(14)11-12)13-6-3-2-4-7-13;1-9(2)12-7-10-5-3-4-6-11(10)8-12;1-3-2;;;/h2-11H,1H3;3-9H,1-2H3;1-2H3;2*1H;/q;;;;;+2/p-2. The van der Waals surface area contributed by atoms with Crippen molar-refractivity contribution in [2.75, 3.05) is 0 Å². The van der Waals surface area contributed by atoms with Crippen molar-refractivity contribution in [2.45, 2.75) is 41.1 Å². The van der Waals surface area contributed by atoms with Crippen LogP contribution < -0.4 is 24.8 Å². The Morgan fingerprint density at radius 2 is 1.38 bits per heavy atom. The van der Waals surface area contributed by atoms with Gasteiger partial charge in [-0.1, -0.05) is 0 Å². The molecule has 0 radical (unpaired) electrons. The third kappa shape index (κ3) is 4.77. The first-order valence-corrected chi connectivity index (χ1v) is 20.8. The molecule has 2 unspecified atom stereocenters. The summed E-state index contributed by atoms with van der Waals surface area (Å²) in [7, 11) is 0. The molecule has 0 nitrogen and oxygen atoms in total. The SMILES string of the molecule is CC1=Cc2c(-c3ccccc3)cccc2[CH]1[Zr+2]([CH]1C(C(C)C)=Cc2ccccc21)=[Si](C)C.[Cl-].[Cl-]. The second-order valence-electron chi connectivity index (χ2n) is 9.81. The van der Waals surface area contributed by atoms with Crippen molar-refractivity contribution in [3.63, 3.8) is 0 Å². The minimum absolute atomic E-state index is 0. The van der Waals surface area contributed by atoms with E-state index in [2.05, 4.69) is 119 Å². The smallest absolute Gasteiger partial charge is 1.00 e. The van der Waals surface area contributed by atoms with E-state index in [1.807, 2.05) is 0 Å². The molecule has 34 heavy (non-hydrogen) atoms. The van der Waals surface area contributed by atoms with Gasteiger partial charge in [0.2, 0.25) is 0 Å². The van der Waals surface area contributed by atoms with Gasteiger partial charge in [-0.3, -0.25) is 0 Å². The van der Waals surface area contributed by atoms with E-state index in [1.54, 1.807) is 22.3 Å². The zero-order chi connectivity index (χ0) is 22.4. The quantitative estimate of drug-likeness (QED) is 0.415. The van der Waals surface area contributed by atoms with Gasteiger partial charge in [0.1, 0.15) is 0 Å². The summed E-state index contributed by atoms with van der Waals surface area (Å²) in [5, 5.41) is 0. The van der Waals surface area contributed by atoms with E-state index < -0.39 is 20.4 Å². The molecule has 0 saturated carbocycles. The molecule has 0 saturated heterocycles. The van der Waals surface area contributed by atoms with Crippen molar-refractivity contribution in [1.82, 2.24) is 0 Å². The van der Waals surface area contributed by atoms with Crippen LogP contribution in [0.5, 0.6) is 0 Å². The number of allylic oxidation sites excluding steroid dienone is 2. The molecule has 4 heteroatoms. The van der Waals surface area contributed by atoms with Gasteiger partial charge >= 0.3 is 202 Å². The number of benzene rings is 3. The third-order valence-electron chi connectivity index (χ3n) is 7.19. The maximum absolute atomic E-state index is 2.62. The second kappa shape index (κ2) is 11.3. The Kier molecular flexibility index (Phi) is 9.07. The van der Waals surface area contributed by atoms with E-state index in [0.29, 0.717) is 9.54 Å². The predicted octanol–water partition coefficient (Wildman–Crippen LogP) is 2.48. The molecule has 3 aromatic rings. The molecule has 5 rings (SSSR count). The molecular formula is C30H32Cl2SiZr. The third-order valence-corrected chi connectivity index (χ3v) is 26.8. The summed E-state index contributed by atoms with van der Waals surface area (Å²) in [6.45, 7) is 12.5. The largest absolute Gasteiger partial charge is 1.00 e. The van der Waals surface area contributed by atoms with Crippen LogP contribution in [0.4, 0.5) is 0 Å².